The lowest BCUT2D eigenvalue weighted by molar-refractivity contribution is 0.669. The van der Waals surface area contributed by atoms with E-state index in [-0.39, 0.29) is 35.4 Å². The Bertz CT molecular complexity index is 3830. The summed E-state index contributed by atoms with van der Waals surface area (Å²) in [7, 11) is 0. The zero-order valence-corrected chi connectivity index (χ0v) is 33.6. The van der Waals surface area contributed by atoms with Crippen molar-refractivity contribution in [1.29, 1.82) is 0 Å². The maximum Gasteiger partial charge on any atom is 0.137 e. The standard InChI is InChI=1S/C60H39NO/c1-3-16-43(17-4-1)58-52-23-10-9-22-50(52)51-38-33-45(39-54(51)59(58)44-18-5-2-6-19-44)40-29-34-46(35-30-40)61(55-26-14-28-57-60(55)53-24-11-12-27-56(53)62-57)47-36-31-42(32-37-47)49-25-13-20-41-15-7-8-21-48(41)49/h1-39H/i31D,32D,36D,37D. The van der Waals surface area contributed by atoms with Gasteiger partial charge < -0.3 is 9.32 Å². The van der Waals surface area contributed by atoms with Crippen molar-refractivity contribution in [2.24, 2.45) is 0 Å². The van der Waals surface area contributed by atoms with E-state index in [0.29, 0.717) is 22.5 Å². The second-order valence-corrected chi connectivity index (χ2v) is 15.7. The van der Waals surface area contributed by atoms with E-state index in [2.05, 4.69) is 115 Å². The molecule has 2 nitrogen and oxygen atoms in total. The molecule has 290 valence electrons. The third-order valence-electron chi connectivity index (χ3n) is 12.1. The van der Waals surface area contributed by atoms with Gasteiger partial charge in [0.15, 0.2) is 0 Å². The molecule has 0 radical (unpaired) electrons. The molecule has 0 N–H and O–H groups in total. The van der Waals surface area contributed by atoms with Gasteiger partial charge in [0, 0.05) is 16.8 Å². The normalized spacial score (nSPS) is 12.5. The van der Waals surface area contributed by atoms with Gasteiger partial charge in [-0.2, -0.15) is 0 Å². The predicted molar refractivity (Wildman–Crippen MR) is 263 cm³/mol. The molecule has 1 aromatic heterocycles. The third-order valence-corrected chi connectivity index (χ3v) is 12.1. The molecule has 0 amide bonds. The van der Waals surface area contributed by atoms with E-state index in [9.17, 15) is 5.48 Å². The summed E-state index contributed by atoms with van der Waals surface area (Å²) in [6.07, 6.45) is 0. The van der Waals surface area contributed by atoms with Gasteiger partial charge in [0.2, 0.25) is 0 Å². The van der Waals surface area contributed by atoms with Crippen LogP contribution in [0.15, 0.2) is 241 Å². The number of para-hydroxylation sites is 1. The summed E-state index contributed by atoms with van der Waals surface area (Å²) >= 11 is 0. The lowest BCUT2D eigenvalue weighted by Crippen LogP contribution is -2.10. The number of anilines is 3. The SMILES string of the molecule is [2H]c1c([2H])c(N(c2ccc(-c3ccc4c(c3)c(-c3ccccc3)c(-c3ccccc3)c3ccccc34)cc2)c2cccc3oc4ccccc4c23)c([2H])c([2H])c1-c1cccc2ccccc12. The van der Waals surface area contributed by atoms with Crippen LogP contribution < -0.4 is 4.90 Å². The fraction of sp³-hybridized carbons (Fsp3) is 0. The van der Waals surface area contributed by atoms with Crippen molar-refractivity contribution in [3.63, 3.8) is 0 Å². The molecule has 0 fully saturated rings. The highest BCUT2D eigenvalue weighted by Gasteiger charge is 2.21. The first-order chi connectivity index (χ1) is 32.4. The molecule has 0 saturated heterocycles. The van der Waals surface area contributed by atoms with Gasteiger partial charge in [-0.1, -0.05) is 188 Å². The fourth-order valence-corrected chi connectivity index (χ4v) is 9.31. The summed E-state index contributed by atoms with van der Waals surface area (Å²) in [6.45, 7) is 0. The minimum atomic E-state index is -0.141. The Balaban J connectivity index is 1.07. The maximum absolute atomic E-state index is 9.72. The Labute approximate surface area is 365 Å². The van der Waals surface area contributed by atoms with Crippen molar-refractivity contribution < 1.29 is 9.90 Å². The topological polar surface area (TPSA) is 16.4 Å². The summed E-state index contributed by atoms with van der Waals surface area (Å²) in [6, 6.07) is 71.6. The number of furan rings is 1. The predicted octanol–water partition coefficient (Wildman–Crippen LogP) is 17.2. The highest BCUT2D eigenvalue weighted by Crippen LogP contribution is 2.47. The number of benzene rings is 11. The van der Waals surface area contributed by atoms with Gasteiger partial charge >= 0.3 is 0 Å². The van der Waals surface area contributed by atoms with Gasteiger partial charge in [0.25, 0.3) is 0 Å². The highest BCUT2D eigenvalue weighted by atomic mass is 16.3. The van der Waals surface area contributed by atoms with E-state index in [1.165, 1.54) is 27.3 Å². The molecule has 1 heterocycles. The quantitative estimate of drug-likeness (QED) is 0.149. The smallest absolute Gasteiger partial charge is 0.137 e. The molecule has 0 spiro atoms. The first-order valence-electron chi connectivity index (χ1n) is 22.9. The molecule has 0 unspecified atom stereocenters. The molecular formula is C60H39NO. The zero-order valence-electron chi connectivity index (χ0n) is 37.6. The molecule has 12 rings (SSSR count). The Morgan fingerprint density at radius 2 is 0.903 bits per heavy atom. The van der Waals surface area contributed by atoms with Crippen molar-refractivity contribution in [2.45, 2.75) is 0 Å². The van der Waals surface area contributed by atoms with Gasteiger partial charge in [0.1, 0.15) is 11.2 Å². The molecule has 0 saturated carbocycles. The van der Waals surface area contributed by atoms with Crippen LogP contribution in [0.4, 0.5) is 17.1 Å². The first-order valence-corrected chi connectivity index (χ1v) is 20.9. The number of hydrogen-bond donors (Lipinski definition) is 0. The van der Waals surface area contributed by atoms with Crippen molar-refractivity contribution in [1.82, 2.24) is 0 Å². The Morgan fingerprint density at radius 3 is 1.66 bits per heavy atom. The number of hydrogen-bond acceptors (Lipinski definition) is 2. The fourth-order valence-electron chi connectivity index (χ4n) is 9.31. The van der Waals surface area contributed by atoms with Crippen molar-refractivity contribution in [2.75, 3.05) is 4.90 Å². The Kier molecular flexibility index (Phi) is 7.57. The van der Waals surface area contributed by atoms with Crippen LogP contribution in [-0.4, -0.2) is 0 Å². The van der Waals surface area contributed by atoms with E-state index in [1.54, 1.807) is 0 Å². The summed E-state index contributed by atoms with van der Waals surface area (Å²) < 4.78 is 44.9. The van der Waals surface area contributed by atoms with Gasteiger partial charge in [-0.25, -0.2) is 0 Å². The van der Waals surface area contributed by atoms with Crippen LogP contribution in [0.25, 0.3) is 98.8 Å². The van der Waals surface area contributed by atoms with Crippen molar-refractivity contribution >= 4 is 71.3 Å². The number of nitrogens with zero attached hydrogens (tertiary/aromatic N) is 1. The van der Waals surface area contributed by atoms with Gasteiger partial charge in [-0.15, -0.1) is 0 Å². The van der Waals surface area contributed by atoms with Gasteiger partial charge in [-0.05, 0) is 125 Å². The van der Waals surface area contributed by atoms with E-state index < -0.39 is 0 Å². The van der Waals surface area contributed by atoms with Crippen LogP contribution in [0.3, 0.4) is 0 Å². The second-order valence-electron chi connectivity index (χ2n) is 15.7. The van der Waals surface area contributed by atoms with Gasteiger partial charge in [0.05, 0.1) is 16.6 Å². The molecule has 0 aliphatic carbocycles. The average molecular weight is 794 g/mol. The summed E-state index contributed by atoms with van der Waals surface area (Å²) in [4.78, 5) is 1.87. The summed E-state index contributed by atoms with van der Waals surface area (Å²) in [5.41, 5.74) is 10.5. The molecule has 12 aromatic rings. The molecule has 62 heavy (non-hydrogen) atoms. The molecule has 2 heteroatoms. The van der Waals surface area contributed by atoms with Crippen molar-refractivity contribution in [3.8, 4) is 44.5 Å². The van der Waals surface area contributed by atoms with Crippen LogP contribution in [0, 0.1) is 0 Å². The van der Waals surface area contributed by atoms with Crippen LogP contribution in [0.2, 0.25) is 0 Å². The van der Waals surface area contributed by atoms with Crippen LogP contribution >= 0.6 is 0 Å². The lowest BCUT2D eigenvalue weighted by atomic mass is 9.84. The molecule has 11 aromatic carbocycles. The third kappa shape index (κ3) is 5.96. The van der Waals surface area contributed by atoms with Crippen molar-refractivity contribution in [3.05, 3.63) is 236 Å². The number of fused-ring (bicyclic) bond motifs is 7. The molecule has 0 bridgehead atoms. The van der Waals surface area contributed by atoms with Gasteiger partial charge in [-0.3, -0.25) is 0 Å². The van der Waals surface area contributed by atoms with E-state index >= 15 is 0 Å². The van der Waals surface area contributed by atoms with Crippen LogP contribution in [0.1, 0.15) is 5.48 Å². The first kappa shape index (κ1) is 31.7. The zero-order chi connectivity index (χ0) is 44.5. The maximum atomic E-state index is 9.72. The largest absolute Gasteiger partial charge is 0.456 e. The minimum Gasteiger partial charge on any atom is -0.456 e. The average Bonchev–Trinajstić information content (AvgIpc) is 3.76. The summed E-state index contributed by atoms with van der Waals surface area (Å²) in [5.74, 6) is 0. The minimum absolute atomic E-state index is 0.110. The highest BCUT2D eigenvalue weighted by molar-refractivity contribution is 6.22. The van der Waals surface area contributed by atoms with E-state index in [4.69, 9.17) is 4.42 Å². The van der Waals surface area contributed by atoms with Crippen LogP contribution in [0.5, 0.6) is 0 Å². The van der Waals surface area contributed by atoms with Crippen LogP contribution in [-0.2, 0) is 0 Å². The molecule has 0 aliphatic heterocycles. The molecule has 0 atom stereocenters. The number of rotatable bonds is 7. The summed E-state index contributed by atoms with van der Waals surface area (Å²) in [5, 5.41) is 8.25. The Hall–Kier alpha value is -8.20. The van der Waals surface area contributed by atoms with E-state index in [1.807, 2.05) is 102 Å². The van der Waals surface area contributed by atoms with E-state index in [0.717, 1.165) is 54.8 Å². The molecule has 0 aliphatic rings. The lowest BCUT2D eigenvalue weighted by Gasteiger charge is -2.27. The second kappa shape index (κ2) is 14.8. The monoisotopic (exact) mass is 793 g/mol. The molecular weight excluding hydrogens is 751 g/mol. The Morgan fingerprint density at radius 1 is 0.339 bits per heavy atom.